The van der Waals surface area contributed by atoms with Gasteiger partial charge in [-0.3, -0.25) is 4.79 Å². The SMILES string of the molecule is CCOC(=O)c1cccc(C2CCCC2c2cc(C)ccc2OC(C)=O)n1. The molecular formula is C22H25NO4. The van der Waals surface area contributed by atoms with Gasteiger partial charge in [-0.2, -0.15) is 0 Å². The van der Waals surface area contributed by atoms with Crippen LogP contribution in [0.4, 0.5) is 0 Å². The second kappa shape index (κ2) is 8.33. The minimum absolute atomic E-state index is 0.176. The van der Waals surface area contributed by atoms with E-state index in [1.807, 2.05) is 31.2 Å². The number of hydrogen-bond acceptors (Lipinski definition) is 5. The van der Waals surface area contributed by atoms with Gasteiger partial charge in [0, 0.05) is 18.5 Å². The van der Waals surface area contributed by atoms with Gasteiger partial charge in [0.05, 0.1) is 6.61 Å². The lowest BCUT2D eigenvalue weighted by Crippen LogP contribution is -2.13. The van der Waals surface area contributed by atoms with Crippen LogP contribution in [0.3, 0.4) is 0 Å². The van der Waals surface area contributed by atoms with E-state index in [-0.39, 0.29) is 17.8 Å². The second-order valence-corrected chi connectivity index (χ2v) is 6.95. The lowest BCUT2D eigenvalue weighted by atomic mass is 9.85. The van der Waals surface area contributed by atoms with Crippen molar-refractivity contribution in [2.75, 3.05) is 6.61 Å². The average molecular weight is 367 g/mol. The van der Waals surface area contributed by atoms with E-state index in [0.29, 0.717) is 18.1 Å². The van der Waals surface area contributed by atoms with Crippen LogP contribution >= 0.6 is 0 Å². The van der Waals surface area contributed by atoms with E-state index >= 15 is 0 Å². The third kappa shape index (κ3) is 4.35. The first-order chi connectivity index (χ1) is 13.0. The molecule has 0 saturated heterocycles. The molecule has 0 amide bonds. The van der Waals surface area contributed by atoms with Crippen molar-refractivity contribution in [2.24, 2.45) is 0 Å². The molecule has 3 rings (SSSR count). The third-order valence-corrected chi connectivity index (χ3v) is 4.97. The number of rotatable bonds is 5. The normalized spacial score (nSPS) is 18.9. The Balaban J connectivity index is 1.95. The van der Waals surface area contributed by atoms with Crippen LogP contribution < -0.4 is 4.74 Å². The Morgan fingerprint density at radius 1 is 1.15 bits per heavy atom. The summed E-state index contributed by atoms with van der Waals surface area (Å²) < 4.78 is 10.5. The molecule has 1 heterocycles. The van der Waals surface area contributed by atoms with E-state index < -0.39 is 5.97 Å². The number of carbonyl (C=O) groups excluding carboxylic acids is 2. The molecule has 1 aromatic heterocycles. The molecule has 1 fully saturated rings. The van der Waals surface area contributed by atoms with Crippen LogP contribution in [0.5, 0.6) is 5.75 Å². The molecule has 5 heteroatoms. The summed E-state index contributed by atoms with van der Waals surface area (Å²) in [7, 11) is 0. The number of aromatic nitrogens is 1. The molecule has 1 aromatic carbocycles. The molecule has 27 heavy (non-hydrogen) atoms. The highest BCUT2D eigenvalue weighted by Gasteiger charge is 2.33. The standard InChI is InChI=1S/C22H25NO4/c1-4-26-22(25)20-10-6-9-19(23-20)17-8-5-7-16(17)18-13-14(2)11-12-21(18)27-15(3)24/h6,9-13,16-17H,4-5,7-8H2,1-3H3. The summed E-state index contributed by atoms with van der Waals surface area (Å²) in [6.07, 6.45) is 3.04. The Morgan fingerprint density at radius 3 is 2.67 bits per heavy atom. The zero-order chi connectivity index (χ0) is 19.4. The summed E-state index contributed by atoms with van der Waals surface area (Å²) >= 11 is 0. The average Bonchev–Trinajstić information content (AvgIpc) is 3.13. The number of benzene rings is 1. The number of esters is 2. The van der Waals surface area contributed by atoms with Gasteiger partial charge in [-0.25, -0.2) is 9.78 Å². The highest BCUT2D eigenvalue weighted by atomic mass is 16.5. The first-order valence-corrected chi connectivity index (χ1v) is 9.42. The van der Waals surface area contributed by atoms with Crippen molar-refractivity contribution in [3.63, 3.8) is 0 Å². The van der Waals surface area contributed by atoms with Crippen LogP contribution in [-0.2, 0) is 9.53 Å². The molecule has 5 nitrogen and oxygen atoms in total. The quantitative estimate of drug-likeness (QED) is 0.573. The Morgan fingerprint density at radius 2 is 1.93 bits per heavy atom. The Labute approximate surface area is 159 Å². The van der Waals surface area contributed by atoms with Gasteiger partial charge in [0.15, 0.2) is 0 Å². The van der Waals surface area contributed by atoms with Crippen LogP contribution in [0.1, 0.15) is 72.3 Å². The van der Waals surface area contributed by atoms with Crippen LogP contribution in [-0.4, -0.2) is 23.5 Å². The van der Waals surface area contributed by atoms with Crippen molar-refractivity contribution in [1.29, 1.82) is 0 Å². The van der Waals surface area contributed by atoms with Crippen molar-refractivity contribution >= 4 is 11.9 Å². The van der Waals surface area contributed by atoms with E-state index in [0.717, 1.165) is 36.1 Å². The third-order valence-electron chi connectivity index (χ3n) is 4.97. The molecular weight excluding hydrogens is 342 g/mol. The van der Waals surface area contributed by atoms with E-state index in [4.69, 9.17) is 9.47 Å². The van der Waals surface area contributed by atoms with Gasteiger partial charge in [0.1, 0.15) is 11.4 Å². The number of ether oxygens (including phenoxy) is 2. The van der Waals surface area contributed by atoms with E-state index in [1.54, 1.807) is 13.0 Å². The molecule has 2 unspecified atom stereocenters. The van der Waals surface area contributed by atoms with Gasteiger partial charge in [-0.1, -0.05) is 30.2 Å². The molecule has 2 aromatic rings. The zero-order valence-electron chi connectivity index (χ0n) is 16.0. The Kier molecular flexibility index (Phi) is 5.89. The minimum Gasteiger partial charge on any atom is -0.461 e. The monoisotopic (exact) mass is 367 g/mol. The van der Waals surface area contributed by atoms with Gasteiger partial charge >= 0.3 is 11.9 Å². The van der Waals surface area contributed by atoms with Gasteiger partial charge in [0.25, 0.3) is 0 Å². The number of pyridine rings is 1. The highest BCUT2D eigenvalue weighted by Crippen LogP contribution is 2.48. The number of hydrogen-bond donors (Lipinski definition) is 0. The van der Waals surface area contributed by atoms with Crippen molar-refractivity contribution in [3.8, 4) is 5.75 Å². The molecule has 0 N–H and O–H groups in total. The molecule has 0 spiro atoms. The Hall–Kier alpha value is -2.69. The van der Waals surface area contributed by atoms with Crippen LogP contribution in [0.25, 0.3) is 0 Å². The maximum Gasteiger partial charge on any atom is 0.356 e. The van der Waals surface area contributed by atoms with Gasteiger partial charge < -0.3 is 9.47 Å². The van der Waals surface area contributed by atoms with Crippen LogP contribution in [0.2, 0.25) is 0 Å². The molecule has 0 aliphatic heterocycles. The fourth-order valence-electron chi connectivity index (χ4n) is 3.87. The summed E-state index contributed by atoms with van der Waals surface area (Å²) in [5, 5.41) is 0. The lowest BCUT2D eigenvalue weighted by Gasteiger charge is -2.22. The lowest BCUT2D eigenvalue weighted by molar-refractivity contribution is -0.131. The maximum absolute atomic E-state index is 12.0. The largest absolute Gasteiger partial charge is 0.461 e. The van der Waals surface area contributed by atoms with Crippen molar-refractivity contribution < 1.29 is 19.1 Å². The molecule has 142 valence electrons. The molecule has 0 radical (unpaired) electrons. The first kappa shape index (κ1) is 19.1. The molecule has 0 bridgehead atoms. The summed E-state index contributed by atoms with van der Waals surface area (Å²) in [6.45, 7) is 5.56. The predicted molar refractivity (Wildman–Crippen MR) is 102 cm³/mol. The predicted octanol–water partition coefficient (Wildman–Crippen LogP) is 4.54. The second-order valence-electron chi connectivity index (χ2n) is 6.95. The van der Waals surface area contributed by atoms with Crippen LogP contribution in [0.15, 0.2) is 36.4 Å². The molecule has 2 atom stereocenters. The number of carbonyl (C=O) groups is 2. The van der Waals surface area contributed by atoms with E-state index in [1.165, 1.54) is 6.92 Å². The molecule has 1 aliphatic carbocycles. The zero-order valence-corrected chi connectivity index (χ0v) is 16.0. The minimum atomic E-state index is -0.398. The van der Waals surface area contributed by atoms with E-state index in [2.05, 4.69) is 11.1 Å². The smallest absolute Gasteiger partial charge is 0.356 e. The summed E-state index contributed by atoms with van der Waals surface area (Å²) in [4.78, 5) is 28.1. The first-order valence-electron chi connectivity index (χ1n) is 9.42. The Bertz CT molecular complexity index is 846. The number of nitrogens with zero attached hydrogens (tertiary/aromatic N) is 1. The van der Waals surface area contributed by atoms with E-state index in [9.17, 15) is 9.59 Å². The maximum atomic E-state index is 12.0. The van der Waals surface area contributed by atoms with Crippen LogP contribution in [0, 0.1) is 6.92 Å². The fraction of sp³-hybridized carbons (Fsp3) is 0.409. The summed E-state index contributed by atoms with van der Waals surface area (Å²) in [5.74, 6) is 0.272. The summed E-state index contributed by atoms with van der Waals surface area (Å²) in [5.41, 5.74) is 3.39. The highest BCUT2D eigenvalue weighted by molar-refractivity contribution is 5.87. The molecule has 1 saturated carbocycles. The fourth-order valence-corrected chi connectivity index (χ4v) is 3.87. The van der Waals surface area contributed by atoms with Crippen molar-refractivity contribution in [2.45, 2.75) is 51.9 Å². The van der Waals surface area contributed by atoms with Crippen molar-refractivity contribution in [3.05, 3.63) is 58.9 Å². The summed E-state index contributed by atoms with van der Waals surface area (Å²) in [6, 6.07) is 11.4. The van der Waals surface area contributed by atoms with Gasteiger partial charge in [-0.15, -0.1) is 0 Å². The van der Waals surface area contributed by atoms with Crippen molar-refractivity contribution in [1.82, 2.24) is 4.98 Å². The van der Waals surface area contributed by atoms with Gasteiger partial charge in [0.2, 0.25) is 0 Å². The molecule has 1 aliphatic rings. The number of aryl methyl sites for hydroxylation is 1. The van der Waals surface area contributed by atoms with Gasteiger partial charge in [-0.05, 0) is 56.4 Å². The topological polar surface area (TPSA) is 65.5 Å².